The summed E-state index contributed by atoms with van der Waals surface area (Å²) in [6.45, 7) is 0. The molecule has 0 radical (unpaired) electrons. The molecule has 0 spiro atoms. The lowest BCUT2D eigenvalue weighted by atomic mass is 10.1. The van der Waals surface area contributed by atoms with Gasteiger partial charge in [0.25, 0.3) is 0 Å². The molecule has 0 aliphatic rings. The molecule has 0 atom stereocenters. The van der Waals surface area contributed by atoms with Crippen molar-refractivity contribution >= 4 is 44.4 Å². The molecular formula is C15H12INO3. The van der Waals surface area contributed by atoms with E-state index in [1.165, 1.54) is 0 Å². The number of hydrogen-bond donors (Lipinski definition) is 1. The van der Waals surface area contributed by atoms with Gasteiger partial charge in [0.15, 0.2) is 0 Å². The molecule has 4 nitrogen and oxygen atoms in total. The molecule has 20 heavy (non-hydrogen) atoms. The van der Waals surface area contributed by atoms with Crippen LogP contribution < -0.4 is 10.2 Å². The summed E-state index contributed by atoms with van der Waals surface area (Å²) < 4.78 is 7.70. The second-order valence-electron chi connectivity index (χ2n) is 4.54. The van der Waals surface area contributed by atoms with Crippen LogP contribution in [0.15, 0.2) is 35.1 Å². The Kier molecular flexibility index (Phi) is 3.08. The number of nitrogens with zero attached hydrogens (tertiary/aromatic N) is 1. The van der Waals surface area contributed by atoms with Crippen LogP contribution in [-0.4, -0.2) is 16.8 Å². The van der Waals surface area contributed by atoms with Gasteiger partial charge in [-0.3, -0.25) is 4.79 Å². The van der Waals surface area contributed by atoms with Gasteiger partial charge in [-0.1, -0.05) is 12.1 Å². The van der Waals surface area contributed by atoms with E-state index in [0.29, 0.717) is 25.6 Å². The van der Waals surface area contributed by atoms with E-state index in [-0.39, 0.29) is 11.2 Å². The van der Waals surface area contributed by atoms with Gasteiger partial charge in [-0.15, -0.1) is 0 Å². The maximum Gasteiger partial charge on any atom is 0.201 e. The minimum Gasteiger partial charge on any atom is -0.506 e. The van der Waals surface area contributed by atoms with Crippen LogP contribution in [-0.2, 0) is 7.05 Å². The van der Waals surface area contributed by atoms with E-state index in [0.717, 1.165) is 5.52 Å². The third-order valence-electron chi connectivity index (χ3n) is 3.50. The average Bonchev–Trinajstić information content (AvgIpc) is 2.47. The average molecular weight is 381 g/mol. The number of phenols is 1. The molecule has 1 N–H and O–H groups in total. The number of para-hydroxylation sites is 1. The summed E-state index contributed by atoms with van der Waals surface area (Å²) in [7, 11) is 3.41. The fourth-order valence-electron chi connectivity index (χ4n) is 2.47. The van der Waals surface area contributed by atoms with Crippen LogP contribution in [0.2, 0.25) is 0 Å². The van der Waals surface area contributed by atoms with Crippen molar-refractivity contribution in [3.63, 3.8) is 0 Å². The zero-order valence-electron chi connectivity index (χ0n) is 11.0. The minimum absolute atomic E-state index is 0.0219. The van der Waals surface area contributed by atoms with Crippen LogP contribution in [0.25, 0.3) is 21.8 Å². The highest BCUT2D eigenvalue weighted by atomic mass is 127. The molecule has 1 aromatic heterocycles. The van der Waals surface area contributed by atoms with Crippen molar-refractivity contribution in [1.82, 2.24) is 4.57 Å². The lowest BCUT2D eigenvalue weighted by Crippen LogP contribution is -2.10. The molecule has 0 saturated heterocycles. The highest BCUT2D eigenvalue weighted by Gasteiger charge is 2.17. The van der Waals surface area contributed by atoms with Gasteiger partial charge in [0.2, 0.25) is 5.43 Å². The Hall–Kier alpha value is -1.76. The Labute approximate surface area is 128 Å². The molecule has 0 saturated carbocycles. The number of methoxy groups -OCH3 is 1. The molecule has 102 valence electrons. The number of aromatic hydroxyl groups is 1. The number of rotatable bonds is 1. The fourth-order valence-corrected chi connectivity index (χ4v) is 3.11. The van der Waals surface area contributed by atoms with Crippen LogP contribution >= 0.6 is 22.6 Å². The van der Waals surface area contributed by atoms with Crippen molar-refractivity contribution in [2.75, 3.05) is 7.11 Å². The predicted molar refractivity (Wildman–Crippen MR) is 87.6 cm³/mol. The van der Waals surface area contributed by atoms with Crippen LogP contribution in [0.4, 0.5) is 0 Å². The van der Waals surface area contributed by atoms with Crippen LogP contribution in [0.1, 0.15) is 0 Å². The summed E-state index contributed by atoms with van der Waals surface area (Å²) in [5, 5.41) is 11.3. The molecule has 5 heteroatoms. The first-order valence-corrected chi connectivity index (χ1v) is 7.11. The van der Waals surface area contributed by atoms with E-state index >= 15 is 0 Å². The Bertz CT molecular complexity index is 899. The summed E-state index contributed by atoms with van der Waals surface area (Å²) in [6.07, 6.45) is 0. The molecule has 1 heterocycles. The topological polar surface area (TPSA) is 51.5 Å². The van der Waals surface area contributed by atoms with Gasteiger partial charge >= 0.3 is 0 Å². The Balaban J connectivity index is 2.67. The number of hydrogen-bond acceptors (Lipinski definition) is 3. The molecule has 3 aromatic rings. The quantitative estimate of drug-likeness (QED) is 0.521. The lowest BCUT2D eigenvalue weighted by Gasteiger charge is -2.14. The molecule has 0 bridgehead atoms. The van der Waals surface area contributed by atoms with Gasteiger partial charge < -0.3 is 14.4 Å². The largest absolute Gasteiger partial charge is 0.506 e. The molecule has 0 unspecified atom stereocenters. The van der Waals surface area contributed by atoms with E-state index in [9.17, 15) is 9.90 Å². The van der Waals surface area contributed by atoms with Gasteiger partial charge in [0.1, 0.15) is 11.5 Å². The van der Waals surface area contributed by atoms with Crippen LogP contribution in [0, 0.1) is 3.57 Å². The molecule has 3 rings (SSSR count). The van der Waals surface area contributed by atoms with Crippen molar-refractivity contribution in [3.05, 3.63) is 44.1 Å². The standard InChI is InChI=1S/C15H12INO3/c1-17-9-6-4-3-5-8(9)14(18)12-10(17)7-11(20-2)13(16)15(12)19/h3-7,19H,1-2H3. The van der Waals surface area contributed by atoms with E-state index in [1.54, 1.807) is 19.2 Å². The van der Waals surface area contributed by atoms with E-state index in [2.05, 4.69) is 0 Å². The van der Waals surface area contributed by atoms with Gasteiger partial charge in [-0.2, -0.15) is 0 Å². The second kappa shape index (κ2) is 4.66. The van der Waals surface area contributed by atoms with E-state index in [4.69, 9.17) is 4.74 Å². The number of benzene rings is 2. The van der Waals surface area contributed by atoms with Crippen molar-refractivity contribution in [1.29, 1.82) is 0 Å². The summed E-state index contributed by atoms with van der Waals surface area (Å²) in [5.74, 6) is 0.534. The molecule has 2 aromatic carbocycles. The third-order valence-corrected chi connectivity index (χ3v) is 4.55. The highest BCUT2D eigenvalue weighted by molar-refractivity contribution is 14.1. The summed E-state index contributed by atoms with van der Waals surface area (Å²) >= 11 is 1.98. The molecule has 0 aliphatic heterocycles. The van der Waals surface area contributed by atoms with Crippen molar-refractivity contribution in [2.24, 2.45) is 7.05 Å². The van der Waals surface area contributed by atoms with Gasteiger partial charge in [0.05, 0.1) is 27.1 Å². The molecule has 0 fully saturated rings. The number of ether oxygens (including phenoxy) is 1. The zero-order valence-corrected chi connectivity index (χ0v) is 13.1. The number of fused-ring (bicyclic) bond motifs is 2. The summed E-state index contributed by atoms with van der Waals surface area (Å²) in [4.78, 5) is 12.6. The highest BCUT2D eigenvalue weighted by Crippen LogP contribution is 2.36. The summed E-state index contributed by atoms with van der Waals surface area (Å²) in [6, 6.07) is 9.15. The zero-order chi connectivity index (χ0) is 14.4. The number of pyridine rings is 1. The Morgan fingerprint density at radius 2 is 1.95 bits per heavy atom. The van der Waals surface area contributed by atoms with Crippen LogP contribution in [0.5, 0.6) is 11.5 Å². The van der Waals surface area contributed by atoms with Crippen molar-refractivity contribution in [3.8, 4) is 11.5 Å². The molecular weight excluding hydrogens is 369 g/mol. The molecule has 0 aliphatic carbocycles. The van der Waals surface area contributed by atoms with Crippen molar-refractivity contribution in [2.45, 2.75) is 0 Å². The third kappa shape index (κ3) is 1.69. The number of aromatic nitrogens is 1. The van der Waals surface area contributed by atoms with Gasteiger partial charge in [-0.25, -0.2) is 0 Å². The first-order valence-electron chi connectivity index (χ1n) is 6.03. The first kappa shape index (κ1) is 13.2. The van der Waals surface area contributed by atoms with Gasteiger partial charge in [-0.05, 0) is 34.7 Å². The lowest BCUT2D eigenvalue weighted by molar-refractivity contribution is 0.404. The maximum absolute atomic E-state index is 12.6. The SMILES string of the molecule is COc1cc2c(c(O)c1I)c(=O)c1ccccc1n2C. The number of halogens is 1. The summed E-state index contributed by atoms with van der Waals surface area (Å²) in [5.41, 5.74) is 1.32. The van der Waals surface area contributed by atoms with Crippen molar-refractivity contribution < 1.29 is 9.84 Å². The predicted octanol–water partition coefficient (Wildman–Crippen LogP) is 3.01. The molecule has 0 amide bonds. The second-order valence-corrected chi connectivity index (χ2v) is 5.62. The Morgan fingerprint density at radius 1 is 1.25 bits per heavy atom. The van der Waals surface area contributed by atoms with Gasteiger partial charge in [0, 0.05) is 18.5 Å². The van der Waals surface area contributed by atoms with E-state index < -0.39 is 0 Å². The fraction of sp³-hybridized carbons (Fsp3) is 0.133. The number of aryl methyl sites for hydroxylation is 1. The van der Waals surface area contributed by atoms with E-state index in [1.807, 2.05) is 52.4 Å². The van der Waals surface area contributed by atoms with Crippen LogP contribution in [0.3, 0.4) is 0 Å². The smallest absolute Gasteiger partial charge is 0.201 e. The number of phenolic OH excluding ortho intramolecular Hbond substituents is 1. The maximum atomic E-state index is 12.6. The first-order chi connectivity index (χ1) is 9.56. The minimum atomic E-state index is -0.160. The Morgan fingerprint density at radius 3 is 2.65 bits per heavy atom. The monoisotopic (exact) mass is 381 g/mol. The normalized spacial score (nSPS) is 11.2.